The zero-order chi connectivity index (χ0) is 11.1. The lowest BCUT2D eigenvalue weighted by Crippen LogP contribution is -2.14. The maximum atomic E-state index is 5.30. The molecule has 0 aliphatic carbocycles. The maximum absolute atomic E-state index is 5.30. The molecule has 1 rings (SSSR count). The standard InChI is InChI=1S/C10H17N3OS/c1-4-14-9-7-10(12-8-11-9)15-6-5-13(2)3/h7-8H,4-6H2,1-3H3. The van der Waals surface area contributed by atoms with Crippen LogP contribution < -0.4 is 4.74 Å². The summed E-state index contributed by atoms with van der Waals surface area (Å²) in [7, 11) is 4.12. The van der Waals surface area contributed by atoms with E-state index in [0.717, 1.165) is 17.3 Å². The van der Waals surface area contributed by atoms with Crippen LogP contribution in [0, 0.1) is 0 Å². The van der Waals surface area contributed by atoms with Gasteiger partial charge in [0.15, 0.2) is 0 Å². The van der Waals surface area contributed by atoms with Crippen molar-refractivity contribution in [1.82, 2.24) is 14.9 Å². The predicted octanol–water partition coefficient (Wildman–Crippen LogP) is 1.53. The van der Waals surface area contributed by atoms with Crippen LogP contribution in [0.4, 0.5) is 0 Å². The van der Waals surface area contributed by atoms with Crippen LogP contribution in [0.1, 0.15) is 6.92 Å². The summed E-state index contributed by atoms with van der Waals surface area (Å²) in [6, 6.07) is 1.88. The number of aromatic nitrogens is 2. The van der Waals surface area contributed by atoms with E-state index in [4.69, 9.17) is 4.74 Å². The first-order valence-electron chi connectivity index (χ1n) is 4.94. The topological polar surface area (TPSA) is 38.2 Å². The molecule has 0 N–H and O–H groups in total. The third-order valence-corrected chi connectivity index (χ3v) is 2.60. The molecule has 84 valence electrons. The van der Waals surface area contributed by atoms with Gasteiger partial charge in [-0.3, -0.25) is 0 Å². The van der Waals surface area contributed by atoms with Gasteiger partial charge in [-0.1, -0.05) is 0 Å². The fraction of sp³-hybridized carbons (Fsp3) is 0.600. The van der Waals surface area contributed by atoms with Crippen molar-refractivity contribution >= 4 is 11.8 Å². The lowest BCUT2D eigenvalue weighted by molar-refractivity contribution is 0.325. The van der Waals surface area contributed by atoms with Gasteiger partial charge in [-0.05, 0) is 21.0 Å². The van der Waals surface area contributed by atoms with Gasteiger partial charge < -0.3 is 9.64 Å². The molecule has 0 unspecified atom stereocenters. The summed E-state index contributed by atoms with van der Waals surface area (Å²) in [6.45, 7) is 3.62. The van der Waals surface area contributed by atoms with Gasteiger partial charge in [-0.2, -0.15) is 0 Å². The largest absolute Gasteiger partial charge is 0.478 e. The van der Waals surface area contributed by atoms with E-state index in [1.807, 2.05) is 13.0 Å². The monoisotopic (exact) mass is 227 g/mol. The van der Waals surface area contributed by atoms with Crippen LogP contribution >= 0.6 is 11.8 Å². The minimum Gasteiger partial charge on any atom is -0.478 e. The summed E-state index contributed by atoms with van der Waals surface area (Å²) in [5, 5.41) is 0.968. The molecule has 15 heavy (non-hydrogen) atoms. The molecule has 0 bridgehead atoms. The van der Waals surface area contributed by atoms with Crippen molar-refractivity contribution in [3.05, 3.63) is 12.4 Å². The Kier molecular flexibility index (Phi) is 5.42. The molecule has 5 heteroatoms. The summed E-state index contributed by atoms with van der Waals surface area (Å²) in [5.74, 6) is 1.68. The summed E-state index contributed by atoms with van der Waals surface area (Å²) >= 11 is 1.72. The van der Waals surface area contributed by atoms with Crippen LogP contribution in [0.2, 0.25) is 0 Å². The van der Waals surface area contributed by atoms with E-state index in [-0.39, 0.29) is 0 Å². The Morgan fingerprint density at radius 1 is 1.40 bits per heavy atom. The Bertz CT molecular complexity index is 294. The van der Waals surface area contributed by atoms with E-state index < -0.39 is 0 Å². The zero-order valence-electron chi connectivity index (χ0n) is 9.43. The van der Waals surface area contributed by atoms with E-state index in [0.29, 0.717) is 12.5 Å². The minimum absolute atomic E-state index is 0.638. The summed E-state index contributed by atoms with van der Waals surface area (Å²) in [5.41, 5.74) is 0. The Labute approximate surface area is 95.1 Å². The first-order valence-corrected chi connectivity index (χ1v) is 5.93. The average Bonchev–Trinajstić information content (AvgIpc) is 2.18. The Morgan fingerprint density at radius 2 is 2.20 bits per heavy atom. The van der Waals surface area contributed by atoms with Gasteiger partial charge >= 0.3 is 0 Å². The average molecular weight is 227 g/mol. The third kappa shape index (κ3) is 4.99. The van der Waals surface area contributed by atoms with Crippen LogP contribution in [-0.4, -0.2) is 47.9 Å². The van der Waals surface area contributed by atoms with Crippen LogP contribution in [0.3, 0.4) is 0 Å². The van der Waals surface area contributed by atoms with E-state index >= 15 is 0 Å². The van der Waals surface area contributed by atoms with Gasteiger partial charge in [0.1, 0.15) is 11.4 Å². The summed E-state index contributed by atoms with van der Waals surface area (Å²) in [6.07, 6.45) is 1.54. The summed E-state index contributed by atoms with van der Waals surface area (Å²) < 4.78 is 5.30. The normalized spacial score (nSPS) is 10.7. The van der Waals surface area contributed by atoms with Crippen molar-refractivity contribution in [3.8, 4) is 5.88 Å². The molecule has 0 saturated carbocycles. The molecule has 0 atom stereocenters. The smallest absolute Gasteiger partial charge is 0.217 e. The van der Waals surface area contributed by atoms with Gasteiger partial charge in [-0.15, -0.1) is 11.8 Å². The first kappa shape index (κ1) is 12.3. The number of hydrogen-bond acceptors (Lipinski definition) is 5. The molecule has 0 aliphatic rings. The van der Waals surface area contributed by atoms with Crippen molar-refractivity contribution in [2.45, 2.75) is 11.9 Å². The van der Waals surface area contributed by atoms with Crippen molar-refractivity contribution < 1.29 is 4.74 Å². The highest BCUT2D eigenvalue weighted by Gasteiger charge is 2.00. The summed E-state index contributed by atoms with van der Waals surface area (Å²) in [4.78, 5) is 10.3. The van der Waals surface area contributed by atoms with Crippen LogP contribution in [0.15, 0.2) is 17.4 Å². The first-order chi connectivity index (χ1) is 7.22. The minimum atomic E-state index is 0.638. The number of ether oxygens (including phenoxy) is 1. The molecule has 0 aliphatic heterocycles. The number of nitrogens with zero attached hydrogens (tertiary/aromatic N) is 3. The number of rotatable bonds is 6. The van der Waals surface area contributed by atoms with E-state index in [1.165, 1.54) is 0 Å². The second kappa shape index (κ2) is 6.63. The van der Waals surface area contributed by atoms with E-state index in [2.05, 4.69) is 29.0 Å². The van der Waals surface area contributed by atoms with Gasteiger partial charge in [0.2, 0.25) is 5.88 Å². The quantitative estimate of drug-likeness (QED) is 0.544. The highest BCUT2D eigenvalue weighted by atomic mass is 32.2. The van der Waals surface area contributed by atoms with Crippen molar-refractivity contribution in [3.63, 3.8) is 0 Å². The molecule has 0 fully saturated rings. The highest BCUT2D eigenvalue weighted by molar-refractivity contribution is 7.99. The molecule has 4 nitrogen and oxygen atoms in total. The molecule has 1 heterocycles. The van der Waals surface area contributed by atoms with Gasteiger partial charge in [-0.25, -0.2) is 9.97 Å². The molecule has 0 spiro atoms. The highest BCUT2D eigenvalue weighted by Crippen LogP contribution is 2.18. The Balaban J connectivity index is 2.43. The van der Waals surface area contributed by atoms with E-state index in [1.54, 1.807) is 18.1 Å². The Morgan fingerprint density at radius 3 is 2.87 bits per heavy atom. The van der Waals surface area contributed by atoms with Gasteiger partial charge in [0.25, 0.3) is 0 Å². The zero-order valence-corrected chi connectivity index (χ0v) is 10.3. The number of hydrogen-bond donors (Lipinski definition) is 0. The maximum Gasteiger partial charge on any atom is 0.217 e. The lowest BCUT2D eigenvalue weighted by atomic mass is 10.6. The van der Waals surface area contributed by atoms with E-state index in [9.17, 15) is 0 Å². The SMILES string of the molecule is CCOc1cc(SCCN(C)C)ncn1. The van der Waals surface area contributed by atoms with Crippen molar-refractivity contribution in [2.24, 2.45) is 0 Å². The molecule has 1 aromatic rings. The molecule has 0 saturated heterocycles. The van der Waals surface area contributed by atoms with Gasteiger partial charge in [0, 0.05) is 18.4 Å². The molecular formula is C10H17N3OS. The van der Waals surface area contributed by atoms with Crippen molar-refractivity contribution in [1.29, 1.82) is 0 Å². The fourth-order valence-electron chi connectivity index (χ4n) is 0.961. The Hall–Kier alpha value is -0.810. The molecule has 0 aromatic carbocycles. The van der Waals surface area contributed by atoms with Crippen LogP contribution in [0.25, 0.3) is 0 Å². The number of thioether (sulfide) groups is 1. The molecule has 0 amide bonds. The third-order valence-electron chi connectivity index (χ3n) is 1.70. The predicted molar refractivity (Wildman–Crippen MR) is 62.5 cm³/mol. The second-order valence-electron chi connectivity index (χ2n) is 3.28. The molecule has 1 aromatic heterocycles. The molecule has 0 radical (unpaired) electrons. The van der Waals surface area contributed by atoms with Gasteiger partial charge in [0.05, 0.1) is 6.61 Å². The fourth-order valence-corrected chi connectivity index (χ4v) is 1.93. The van der Waals surface area contributed by atoms with Crippen LogP contribution in [0.5, 0.6) is 5.88 Å². The van der Waals surface area contributed by atoms with Crippen LogP contribution in [-0.2, 0) is 0 Å². The second-order valence-corrected chi connectivity index (χ2v) is 4.39. The lowest BCUT2D eigenvalue weighted by Gasteiger charge is -2.08. The van der Waals surface area contributed by atoms with Crippen molar-refractivity contribution in [2.75, 3.05) is 33.0 Å². The molecular weight excluding hydrogens is 210 g/mol.